The van der Waals surface area contributed by atoms with Gasteiger partial charge in [-0.1, -0.05) is 54.9 Å². The molecule has 0 aliphatic heterocycles. The summed E-state index contributed by atoms with van der Waals surface area (Å²) >= 11 is 7.93. The van der Waals surface area contributed by atoms with Crippen LogP contribution in [-0.2, 0) is 12.8 Å². The molecule has 27 heavy (non-hydrogen) atoms. The van der Waals surface area contributed by atoms with E-state index in [4.69, 9.17) is 21.6 Å². The fourth-order valence-corrected chi connectivity index (χ4v) is 4.16. The van der Waals surface area contributed by atoms with E-state index in [1.807, 2.05) is 36.4 Å². The third-order valence-corrected chi connectivity index (χ3v) is 5.90. The van der Waals surface area contributed by atoms with Gasteiger partial charge in [0.15, 0.2) is 0 Å². The van der Waals surface area contributed by atoms with Gasteiger partial charge in [-0.25, -0.2) is 9.97 Å². The molecule has 136 valence electrons. The summed E-state index contributed by atoms with van der Waals surface area (Å²) in [6.45, 7) is 4.23. The standard InChI is InChI=1S/C22H20ClN3S/c1-3-17-13-18-21(24-19-12-16(23)10-9-14(19)2)25-20(26-22(18)27-17)11-15-7-5-4-6-8-15/h4-10,12-13H,3,11H2,1-2H3,(H,24,25,26). The average molecular weight is 394 g/mol. The molecule has 2 heterocycles. The van der Waals surface area contributed by atoms with Crippen LogP contribution in [-0.4, -0.2) is 9.97 Å². The van der Waals surface area contributed by atoms with Crippen LogP contribution >= 0.6 is 22.9 Å². The third kappa shape index (κ3) is 3.97. The highest BCUT2D eigenvalue weighted by atomic mass is 35.5. The second-order valence-corrected chi connectivity index (χ2v) is 8.07. The Balaban J connectivity index is 1.79. The van der Waals surface area contributed by atoms with Gasteiger partial charge in [-0.3, -0.25) is 0 Å². The quantitative estimate of drug-likeness (QED) is 0.417. The molecule has 0 saturated carbocycles. The molecule has 0 bridgehead atoms. The molecule has 0 atom stereocenters. The zero-order valence-corrected chi connectivity index (χ0v) is 16.9. The first kappa shape index (κ1) is 18.0. The van der Waals surface area contributed by atoms with Gasteiger partial charge in [0, 0.05) is 22.0 Å². The van der Waals surface area contributed by atoms with E-state index in [0.29, 0.717) is 11.4 Å². The molecule has 0 unspecified atom stereocenters. The maximum Gasteiger partial charge on any atom is 0.142 e. The highest BCUT2D eigenvalue weighted by Gasteiger charge is 2.13. The van der Waals surface area contributed by atoms with Crippen molar-refractivity contribution in [2.75, 3.05) is 5.32 Å². The number of fused-ring (bicyclic) bond motifs is 1. The minimum absolute atomic E-state index is 0.706. The van der Waals surface area contributed by atoms with Crippen molar-refractivity contribution < 1.29 is 0 Å². The van der Waals surface area contributed by atoms with Crippen molar-refractivity contribution in [1.82, 2.24) is 9.97 Å². The number of thiophene rings is 1. The Kier molecular flexibility index (Phi) is 5.10. The Morgan fingerprint density at radius 1 is 1.04 bits per heavy atom. The van der Waals surface area contributed by atoms with Gasteiger partial charge in [-0.2, -0.15) is 0 Å². The molecule has 1 N–H and O–H groups in total. The van der Waals surface area contributed by atoms with E-state index >= 15 is 0 Å². The molecule has 0 aliphatic carbocycles. The molecule has 2 aromatic heterocycles. The molecule has 0 fully saturated rings. The van der Waals surface area contributed by atoms with Crippen LogP contribution in [0.15, 0.2) is 54.6 Å². The molecule has 0 saturated heterocycles. The summed E-state index contributed by atoms with van der Waals surface area (Å²) in [5, 5.41) is 5.26. The Bertz CT molecular complexity index is 1090. The van der Waals surface area contributed by atoms with Crippen LogP contribution in [0.3, 0.4) is 0 Å². The van der Waals surface area contributed by atoms with Gasteiger partial charge in [-0.05, 0) is 42.7 Å². The van der Waals surface area contributed by atoms with Gasteiger partial charge >= 0.3 is 0 Å². The Morgan fingerprint density at radius 2 is 1.85 bits per heavy atom. The molecule has 0 aliphatic rings. The number of hydrogen-bond donors (Lipinski definition) is 1. The van der Waals surface area contributed by atoms with Crippen LogP contribution in [0.5, 0.6) is 0 Å². The van der Waals surface area contributed by atoms with Crippen molar-refractivity contribution in [3.63, 3.8) is 0 Å². The number of anilines is 2. The lowest BCUT2D eigenvalue weighted by Gasteiger charge is -2.11. The highest BCUT2D eigenvalue weighted by Crippen LogP contribution is 2.32. The normalized spacial score (nSPS) is 11.1. The first-order chi connectivity index (χ1) is 13.1. The van der Waals surface area contributed by atoms with Crippen molar-refractivity contribution in [1.29, 1.82) is 0 Å². The number of hydrogen-bond acceptors (Lipinski definition) is 4. The molecule has 0 radical (unpaired) electrons. The van der Waals surface area contributed by atoms with E-state index in [1.54, 1.807) is 11.3 Å². The summed E-state index contributed by atoms with van der Waals surface area (Å²) in [4.78, 5) is 12.0. The van der Waals surface area contributed by atoms with Gasteiger partial charge in [0.25, 0.3) is 0 Å². The minimum atomic E-state index is 0.706. The molecule has 5 heteroatoms. The lowest BCUT2D eigenvalue weighted by molar-refractivity contribution is 0.999. The number of halogens is 1. The van der Waals surface area contributed by atoms with Gasteiger partial charge in [0.05, 0.1) is 5.39 Å². The first-order valence-corrected chi connectivity index (χ1v) is 10.2. The molecule has 3 nitrogen and oxygen atoms in total. The predicted molar refractivity (Wildman–Crippen MR) is 116 cm³/mol. The van der Waals surface area contributed by atoms with Crippen molar-refractivity contribution in [2.24, 2.45) is 0 Å². The zero-order valence-electron chi connectivity index (χ0n) is 15.3. The van der Waals surface area contributed by atoms with Crippen molar-refractivity contribution in [3.8, 4) is 0 Å². The third-order valence-electron chi connectivity index (χ3n) is 4.50. The summed E-state index contributed by atoms with van der Waals surface area (Å²) in [6.07, 6.45) is 1.70. The molecule has 2 aromatic carbocycles. The number of nitrogens with zero attached hydrogens (tertiary/aromatic N) is 2. The van der Waals surface area contributed by atoms with Gasteiger partial charge in [0.2, 0.25) is 0 Å². The molecule has 0 spiro atoms. The van der Waals surface area contributed by atoms with Crippen LogP contribution in [0.1, 0.15) is 28.8 Å². The molecule has 4 aromatic rings. The number of aryl methyl sites for hydroxylation is 2. The van der Waals surface area contributed by atoms with Crippen LogP contribution in [0.25, 0.3) is 10.2 Å². The van der Waals surface area contributed by atoms with Gasteiger partial charge in [0.1, 0.15) is 16.5 Å². The van der Waals surface area contributed by atoms with Crippen LogP contribution in [0.2, 0.25) is 5.02 Å². The van der Waals surface area contributed by atoms with E-state index in [1.165, 1.54) is 10.4 Å². The van der Waals surface area contributed by atoms with E-state index in [0.717, 1.165) is 39.5 Å². The summed E-state index contributed by atoms with van der Waals surface area (Å²) in [5.41, 5.74) is 3.30. The van der Waals surface area contributed by atoms with E-state index in [2.05, 4.69) is 37.4 Å². The molecule has 4 rings (SSSR count). The van der Waals surface area contributed by atoms with Gasteiger partial charge in [-0.15, -0.1) is 11.3 Å². The topological polar surface area (TPSA) is 37.8 Å². The van der Waals surface area contributed by atoms with Crippen LogP contribution < -0.4 is 5.32 Å². The molecular formula is C22H20ClN3S. The second-order valence-electron chi connectivity index (χ2n) is 6.52. The summed E-state index contributed by atoms with van der Waals surface area (Å²) in [6, 6.07) is 18.4. The lowest BCUT2D eigenvalue weighted by Crippen LogP contribution is -2.02. The Hall–Kier alpha value is -2.43. The molecule has 0 amide bonds. The second kappa shape index (κ2) is 7.67. The fraction of sp³-hybridized carbons (Fsp3) is 0.182. The lowest BCUT2D eigenvalue weighted by atomic mass is 10.1. The highest BCUT2D eigenvalue weighted by molar-refractivity contribution is 7.18. The summed E-state index contributed by atoms with van der Waals surface area (Å²) in [7, 11) is 0. The summed E-state index contributed by atoms with van der Waals surface area (Å²) < 4.78 is 0. The fourth-order valence-electron chi connectivity index (χ4n) is 3.00. The number of rotatable bonds is 5. The minimum Gasteiger partial charge on any atom is -0.339 e. The number of aromatic nitrogens is 2. The predicted octanol–water partition coefficient (Wildman–Crippen LogP) is 6.55. The first-order valence-electron chi connectivity index (χ1n) is 8.99. The smallest absolute Gasteiger partial charge is 0.142 e. The Morgan fingerprint density at radius 3 is 2.63 bits per heavy atom. The van der Waals surface area contributed by atoms with Crippen molar-refractivity contribution in [3.05, 3.63) is 81.4 Å². The summed E-state index contributed by atoms with van der Waals surface area (Å²) in [5.74, 6) is 1.66. The number of nitrogens with one attached hydrogen (secondary N) is 1. The monoisotopic (exact) mass is 393 g/mol. The van der Waals surface area contributed by atoms with Crippen molar-refractivity contribution in [2.45, 2.75) is 26.7 Å². The van der Waals surface area contributed by atoms with E-state index < -0.39 is 0 Å². The maximum atomic E-state index is 6.20. The van der Waals surface area contributed by atoms with Gasteiger partial charge < -0.3 is 5.32 Å². The SMILES string of the molecule is CCc1cc2c(Nc3cc(Cl)ccc3C)nc(Cc3ccccc3)nc2s1. The van der Waals surface area contributed by atoms with Crippen LogP contribution in [0, 0.1) is 6.92 Å². The Labute approximate surface area is 168 Å². The van der Waals surface area contributed by atoms with E-state index in [9.17, 15) is 0 Å². The molecular weight excluding hydrogens is 374 g/mol. The zero-order chi connectivity index (χ0) is 18.8. The number of benzene rings is 2. The van der Waals surface area contributed by atoms with E-state index in [-0.39, 0.29) is 0 Å². The van der Waals surface area contributed by atoms with Crippen LogP contribution in [0.4, 0.5) is 11.5 Å². The largest absolute Gasteiger partial charge is 0.339 e. The van der Waals surface area contributed by atoms with Crippen molar-refractivity contribution >= 4 is 44.7 Å². The maximum absolute atomic E-state index is 6.20. The average Bonchev–Trinajstić information content (AvgIpc) is 3.09.